The van der Waals surface area contributed by atoms with Crippen molar-refractivity contribution in [3.05, 3.63) is 0 Å². The molecule has 0 bridgehead atoms. The molecule has 1 aliphatic rings. The van der Waals surface area contributed by atoms with Crippen LogP contribution in [0.5, 0.6) is 6.01 Å². The first-order chi connectivity index (χ1) is 10.1. The standard InChI is InChI=1S/C13H25N7O/c1-4-20-7-5-6-10(8-20)15-11-16-12(19-14)18-13(17-11)21-9(2)3/h9-10H,4-8,14H2,1-3H3,(H2,15,16,17,18,19). The van der Waals surface area contributed by atoms with Crippen molar-refractivity contribution >= 4 is 11.9 Å². The van der Waals surface area contributed by atoms with Crippen LogP contribution in [0.1, 0.15) is 33.6 Å². The molecule has 1 aromatic rings. The van der Waals surface area contributed by atoms with Gasteiger partial charge in [-0.3, -0.25) is 5.43 Å². The van der Waals surface area contributed by atoms with Crippen molar-refractivity contribution in [2.24, 2.45) is 5.84 Å². The third-order valence-electron chi connectivity index (χ3n) is 3.37. The van der Waals surface area contributed by atoms with E-state index in [-0.39, 0.29) is 12.1 Å². The summed E-state index contributed by atoms with van der Waals surface area (Å²) in [4.78, 5) is 15.0. The van der Waals surface area contributed by atoms with E-state index in [0.29, 0.717) is 17.9 Å². The molecule has 1 aromatic heterocycles. The Balaban J connectivity index is 2.07. The van der Waals surface area contributed by atoms with Gasteiger partial charge in [0, 0.05) is 12.6 Å². The number of nitrogens with one attached hydrogen (secondary N) is 2. The minimum absolute atomic E-state index is 0.00358. The number of aromatic nitrogens is 3. The zero-order chi connectivity index (χ0) is 15.2. The molecule has 1 unspecified atom stereocenters. The molecule has 0 amide bonds. The van der Waals surface area contributed by atoms with E-state index in [4.69, 9.17) is 10.6 Å². The topological polar surface area (TPSA) is 101 Å². The SMILES string of the molecule is CCN1CCCC(Nc2nc(NN)nc(OC(C)C)n2)C1. The summed E-state index contributed by atoms with van der Waals surface area (Å²) in [6.45, 7) is 9.24. The monoisotopic (exact) mass is 295 g/mol. The molecule has 8 heteroatoms. The van der Waals surface area contributed by atoms with Gasteiger partial charge in [-0.2, -0.15) is 15.0 Å². The van der Waals surface area contributed by atoms with Crippen molar-refractivity contribution in [3.63, 3.8) is 0 Å². The summed E-state index contributed by atoms with van der Waals surface area (Å²) in [5.74, 6) is 6.20. The molecule has 0 saturated carbocycles. The van der Waals surface area contributed by atoms with Crippen LogP contribution < -0.4 is 21.3 Å². The number of hydrazine groups is 1. The highest BCUT2D eigenvalue weighted by atomic mass is 16.5. The number of rotatable bonds is 6. The van der Waals surface area contributed by atoms with E-state index in [1.807, 2.05) is 13.8 Å². The number of nitrogens with zero attached hydrogens (tertiary/aromatic N) is 4. The number of likely N-dealkylation sites (N-methyl/N-ethyl adjacent to an activating group) is 1. The van der Waals surface area contributed by atoms with E-state index >= 15 is 0 Å². The third kappa shape index (κ3) is 4.68. The summed E-state index contributed by atoms with van der Waals surface area (Å²) in [5, 5.41) is 3.35. The molecule has 1 saturated heterocycles. The number of nitrogen functional groups attached to an aromatic ring is 1. The lowest BCUT2D eigenvalue weighted by Crippen LogP contribution is -2.42. The highest BCUT2D eigenvalue weighted by Gasteiger charge is 2.20. The Bertz CT molecular complexity index is 454. The van der Waals surface area contributed by atoms with Crippen molar-refractivity contribution in [3.8, 4) is 6.01 Å². The van der Waals surface area contributed by atoms with Crippen LogP contribution in [-0.4, -0.2) is 51.6 Å². The lowest BCUT2D eigenvalue weighted by molar-refractivity contribution is 0.220. The Hall–Kier alpha value is -1.67. The molecule has 1 aliphatic heterocycles. The molecule has 0 aromatic carbocycles. The maximum atomic E-state index is 5.52. The molecule has 8 nitrogen and oxygen atoms in total. The molecular weight excluding hydrogens is 270 g/mol. The van der Waals surface area contributed by atoms with Gasteiger partial charge in [0.15, 0.2) is 0 Å². The maximum Gasteiger partial charge on any atom is 0.323 e. The van der Waals surface area contributed by atoms with E-state index in [0.717, 1.165) is 26.1 Å². The van der Waals surface area contributed by atoms with Gasteiger partial charge in [0.2, 0.25) is 11.9 Å². The number of anilines is 2. The molecule has 2 heterocycles. The molecule has 1 fully saturated rings. The summed E-state index contributed by atoms with van der Waals surface area (Å²) >= 11 is 0. The fraction of sp³-hybridized carbons (Fsp3) is 0.769. The van der Waals surface area contributed by atoms with Crippen LogP contribution in [-0.2, 0) is 0 Å². The van der Waals surface area contributed by atoms with Crippen LogP contribution in [0, 0.1) is 0 Å². The quantitative estimate of drug-likeness (QED) is 0.524. The van der Waals surface area contributed by atoms with Crippen LogP contribution in [0.15, 0.2) is 0 Å². The molecule has 2 rings (SSSR count). The van der Waals surface area contributed by atoms with Gasteiger partial charge in [-0.25, -0.2) is 5.84 Å². The number of piperidine rings is 1. The lowest BCUT2D eigenvalue weighted by atomic mass is 10.1. The first-order valence-electron chi connectivity index (χ1n) is 7.49. The molecule has 0 spiro atoms. The molecule has 21 heavy (non-hydrogen) atoms. The minimum Gasteiger partial charge on any atom is -0.461 e. The smallest absolute Gasteiger partial charge is 0.323 e. The van der Waals surface area contributed by atoms with Crippen LogP contribution in [0.25, 0.3) is 0 Å². The number of likely N-dealkylation sites (tertiary alicyclic amines) is 1. The zero-order valence-electron chi connectivity index (χ0n) is 13.0. The molecule has 0 radical (unpaired) electrons. The number of hydrogen-bond donors (Lipinski definition) is 3. The predicted octanol–water partition coefficient (Wildman–Crippen LogP) is 0.841. The summed E-state index contributed by atoms with van der Waals surface area (Å²) < 4.78 is 5.52. The average Bonchev–Trinajstić information content (AvgIpc) is 2.46. The van der Waals surface area contributed by atoms with Gasteiger partial charge in [-0.1, -0.05) is 6.92 Å². The molecule has 4 N–H and O–H groups in total. The van der Waals surface area contributed by atoms with Gasteiger partial charge >= 0.3 is 6.01 Å². The highest BCUT2D eigenvalue weighted by molar-refractivity contribution is 5.36. The minimum atomic E-state index is -0.00358. The van der Waals surface area contributed by atoms with Crippen LogP contribution in [0.2, 0.25) is 0 Å². The normalized spacial score (nSPS) is 19.6. The third-order valence-corrected chi connectivity index (χ3v) is 3.37. The first-order valence-corrected chi connectivity index (χ1v) is 7.49. The van der Waals surface area contributed by atoms with Gasteiger partial charge in [-0.15, -0.1) is 0 Å². The van der Waals surface area contributed by atoms with E-state index in [2.05, 4.69) is 37.5 Å². The van der Waals surface area contributed by atoms with E-state index in [1.54, 1.807) is 0 Å². The van der Waals surface area contributed by atoms with Crippen molar-refractivity contribution < 1.29 is 4.74 Å². The van der Waals surface area contributed by atoms with Crippen LogP contribution >= 0.6 is 0 Å². The number of ether oxygens (including phenoxy) is 1. The summed E-state index contributed by atoms with van der Waals surface area (Å²) in [5.41, 5.74) is 2.45. The van der Waals surface area contributed by atoms with Crippen molar-refractivity contribution in [2.75, 3.05) is 30.4 Å². The Morgan fingerprint density at radius 1 is 1.33 bits per heavy atom. The van der Waals surface area contributed by atoms with Crippen LogP contribution in [0.3, 0.4) is 0 Å². The average molecular weight is 295 g/mol. The van der Waals surface area contributed by atoms with Gasteiger partial charge in [0.25, 0.3) is 0 Å². The Kier molecular flexibility index (Phi) is 5.51. The Morgan fingerprint density at radius 2 is 2.10 bits per heavy atom. The second kappa shape index (κ2) is 7.37. The van der Waals surface area contributed by atoms with Gasteiger partial charge in [-0.05, 0) is 39.8 Å². The number of hydrogen-bond acceptors (Lipinski definition) is 8. The summed E-state index contributed by atoms with van der Waals surface area (Å²) in [6, 6.07) is 0.609. The van der Waals surface area contributed by atoms with Crippen molar-refractivity contribution in [1.29, 1.82) is 0 Å². The molecular formula is C13H25N7O. The van der Waals surface area contributed by atoms with Gasteiger partial charge < -0.3 is 15.0 Å². The largest absolute Gasteiger partial charge is 0.461 e. The Morgan fingerprint density at radius 3 is 2.76 bits per heavy atom. The van der Waals surface area contributed by atoms with Crippen molar-refractivity contribution in [2.45, 2.75) is 45.8 Å². The molecule has 118 valence electrons. The fourth-order valence-corrected chi connectivity index (χ4v) is 2.39. The van der Waals surface area contributed by atoms with E-state index in [1.165, 1.54) is 6.42 Å². The number of nitrogens with two attached hydrogens (primary N) is 1. The lowest BCUT2D eigenvalue weighted by Gasteiger charge is -2.32. The highest BCUT2D eigenvalue weighted by Crippen LogP contribution is 2.16. The molecule has 1 atom stereocenters. The van der Waals surface area contributed by atoms with Gasteiger partial charge in [0.1, 0.15) is 0 Å². The fourth-order valence-electron chi connectivity index (χ4n) is 2.39. The predicted molar refractivity (Wildman–Crippen MR) is 82.2 cm³/mol. The second-order valence-corrected chi connectivity index (χ2v) is 5.45. The maximum absolute atomic E-state index is 5.52. The Labute approximate surface area is 125 Å². The second-order valence-electron chi connectivity index (χ2n) is 5.45. The summed E-state index contributed by atoms with van der Waals surface area (Å²) in [6.07, 6.45) is 2.28. The van der Waals surface area contributed by atoms with E-state index < -0.39 is 0 Å². The van der Waals surface area contributed by atoms with Crippen molar-refractivity contribution in [1.82, 2.24) is 19.9 Å². The molecule has 0 aliphatic carbocycles. The first kappa shape index (κ1) is 15.7. The van der Waals surface area contributed by atoms with Gasteiger partial charge in [0.05, 0.1) is 6.10 Å². The van der Waals surface area contributed by atoms with Crippen LogP contribution in [0.4, 0.5) is 11.9 Å². The summed E-state index contributed by atoms with van der Waals surface area (Å²) in [7, 11) is 0. The zero-order valence-corrected chi connectivity index (χ0v) is 13.0. The van der Waals surface area contributed by atoms with E-state index in [9.17, 15) is 0 Å².